The summed E-state index contributed by atoms with van der Waals surface area (Å²) in [7, 11) is 0. The molecular formula is C7H11O3-. The summed E-state index contributed by atoms with van der Waals surface area (Å²) >= 11 is 0. The molecule has 0 heterocycles. The molecule has 1 N–H and O–H groups in total. The van der Waals surface area contributed by atoms with Crippen molar-refractivity contribution in [1.29, 1.82) is 0 Å². The minimum atomic E-state index is -1.52. The molecule has 0 saturated heterocycles. The van der Waals surface area contributed by atoms with E-state index in [9.17, 15) is 15.0 Å². The lowest BCUT2D eigenvalue weighted by atomic mass is 9.85. The normalized spacial score (nSPS) is 24.1. The largest absolute Gasteiger partial charge is 0.547 e. The summed E-state index contributed by atoms with van der Waals surface area (Å²) in [5, 5.41) is 19.6. The van der Waals surface area contributed by atoms with Crippen molar-refractivity contribution < 1.29 is 15.0 Å². The van der Waals surface area contributed by atoms with Gasteiger partial charge < -0.3 is 15.0 Å². The molecule has 3 nitrogen and oxygen atoms in total. The Bertz CT molecular complexity index is 136. The quantitative estimate of drug-likeness (QED) is 0.534. The second-order valence-electron chi connectivity index (χ2n) is 2.88. The molecule has 0 aliphatic heterocycles. The van der Waals surface area contributed by atoms with Crippen LogP contribution < -0.4 is 5.11 Å². The van der Waals surface area contributed by atoms with Crippen LogP contribution in [0.1, 0.15) is 32.1 Å². The van der Waals surface area contributed by atoms with Gasteiger partial charge in [-0.05, 0) is 12.8 Å². The monoisotopic (exact) mass is 143 g/mol. The lowest BCUT2D eigenvalue weighted by Crippen LogP contribution is -2.49. The predicted molar refractivity (Wildman–Crippen MR) is 33.0 cm³/mol. The summed E-state index contributed by atoms with van der Waals surface area (Å²) in [6.07, 6.45) is 3.33. The van der Waals surface area contributed by atoms with E-state index in [1.165, 1.54) is 0 Å². The van der Waals surface area contributed by atoms with Crippen molar-refractivity contribution >= 4 is 5.97 Å². The van der Waals surface area contributed by atoms with Crippen LogP contribution in [0.4, 0.5) is 0 Å². The molecule has 0 aromatic heterocycles. The standard InChI is InChI=1S/C7H12O3/c8-6(9)7(10)4-2-1-3-5-7/h10H,1-5H2,(H,8,9)/p-1. The maximum Gasteiger partial charge on any atom is 0.104 e. The molecule has 1 aliphatic rings. The number of aliphatic hydroxyl groups is 1. The minimum Gasteiger partial charge on any atom is -0.547 e. The molecule has 1 rings (SSSR count). The van der Waals surface area contributed by atoms with Gasteiger partial charge in [0.05, 0.1) is 5.97 Å². The van der Waals surface area contributed by atoms with E-state index in [4.69, 9.17) is 0 Å². The molecule has 58 valence electrons. The number of carboxylic acid groups (broad SMARTS) is 1. The van der Waals surface area contributed by atoms with Crippen molar-refractivity contribution in [3.05, 3.63) is 0 Å². The average molecular weight is 143 g/mol. The van der Waals surface area contributed by atoms with Gasteiger partial charge in [0.15, 0.2) is 0 Å². The van der Waals surface area contributed by atoms with E-state index in [0.29, 0.717) is 12.8 Å². The van der Waals surface area contributed by atoms with Gasteiger partial charge in [-0.1, -0.05) is 19.3 Å². The molecule has 0 spiro atoms. The fraction of sp³-hybridized carbons (Fsp3) is 0.857. The SMILES string of the molecule is O=C([O-])C1(O)CCCCC1. The highest BCUT2D eigenvalue weighted by molar-refractivity contribution is 5.74. The highest BCUT2D eigenvalue weighted by Gasteiger charge is 2.30. The lowest BCUT2D eigenvalue weighted by Gasteiger charge is -2.32. The maximum absolute atomic E-state index is 10.3. The van der Waals surface area contributed by atoms with Crippen molar-refractivity contribution in [3.8, 4) is 0 Å². The molecule has 0 atom stereocenters. The van der Waals surface area contributed by atoms with Crippen LogP contribution in [0.15, 0.2) is 0 Å². The van der Waals surface area contributed by atoms with Gasteiger partial charge in [-0.2, -0.15) is 0 Å². The average Bonchev–Trinajstić information content (AvgIpc) is 1.89. The van der Waals surface area contributed by atoms with Gasteiger partial charge in [0.25, 0.3) is 0 Å². The van der Waals surface area contributed by atoms with Crippen LogP contribution in [0.5, 0.6) is 0 Å². The van der Waals surface area contributed by atoms with E-state index in [-0.39, 0.29) is 0 Å². The first-order chi connectivity index (χ1) is 4.65. The van der Waals surface area contributed by atoms with Crippen molar-refractivity contribution in [2.24, 2.45) is 0 Å². The van der Waals surface area contributed by atoms with Crippen LogP contribution in [-0.2, 0) is 4.79 Å². The van der Waals surface area contributed by atoms with Crippen LogP contribution in [-0.4, -0.2) is 16.7 Å². The fourth-order valence-corrected chi connectivity index (χ4v) is 1.34. The molecule has 3 heteroatoms. The van der Waals surface area contributed by atoms with E-state index in [0.717, 1.165) is 19.3 Å². The zero-order valence-electron chi connectivity index (χ0n) is 5.80. The molecule has 0 bridgehead atoms. The van der Waals surface area contributed by atoms with E-state index in [2.05, 4.69) is 0 Å². The third-order valence-corrected chi connectivity index (χ3v) is 2.06. The van der Waals surface area contributed by atoms with Crippen LogP contribution >= 0.6 is 0 Å². The van der Waals surface area contributed by atoms with Crippen LogP contribution in [0.3, 0.4) is 0 Å². The molecule has 1 fully saturated rings. The smallest absolute Gasteiger partial charge is 0.104 e. The van der Waals surface area contributed by atoms with E-state index < -0.39 is 11.6 Å². The Hall–Kier alpha value is -0.570. The minimum absolute atomic E-state index is 0.356. The Balaban J connectivity index is 2.56. The number of hydrogen-bond donors (Lipinski definition) is 1. The Morgan fingerprint density at radius 2 is 1.80 bits per heavy atom. The number of carbonyl (C=O) groups is 1. The first kappa shape index (κ1) is 7.54. The van der Waals surface area contributed by atoms with Crippen molar-refractivity contribution in [2.45, 2.75) is 37.7 Å². The van der Waals surface area contributed by atoms with Crippen molar-refractivity contribution in [3.63, 3.8) is 0 Å². The summed E-state index contributed by atoms with van der Waals surface area (Å²) < 4.78 is 0. The first-order valence-corrected chi connectivity index (χ1v) is 3.59. The van der Waals surface area contributed by atoms with Crippen LogP contribution in [0.2, 0.25) is 0 Å². The number of carbonyl (C=O) groups excluding carboxylic acids is 1. The molecule has 1 saturated carbocycles. The Labute approximate surface area is 59.7 Å². The van der Waals surface area contributed by atoms with Crippen LogP contribution in [0.25, 0.3) is 0 Å². The highest BCUT2D eigenvalue weighted by Crippen LogP contribution is 2.26. The third-order valence-electron chi connectivity index (χ3n) is 2.06. The lowest BCUT2D eigenvalue weighted by molar-refractivity contribution is -0.326. The molecule has 1 aliphatic carbocycles. The predicted octanol–water partition coefficient (Wildman–Crippen LogP) is -0.569. The second kappa shape index (κ2) is 2.58. The summed E-state index contributed by atoms with van der Waals surface area (Å²) in [5.41, 5.74) is -1.52. The van der Waals surface area contributed by atoms with Gasteiger partial charge in [-0.15, -0.1) is 0 Å². The molecule has 0 aromatic rings. The van der Waals surface area contributed by atoms with E-state index in [1.54, 1.807) is 0 Å². The molecule has 0 unspecified atom stereocenters. The Morgan fingerprint density at radius 1 is 1.30 bits per heavy atom. The first-order valence-electron chi connectivity index (χ1n) is 3.59. The molecule has 10 heavy (non-hydrogen) atoms. The number of hydrogen-bond acceptors (Lipinski definition) is 3. The molecule has 0 aromatic carbocycles. The molecule has 0 amide bonds. The summed E-state index contributed by atoms with van der Waals surface area (Å²) in [6.45, 7) is 0. The summed E-state index contributed by atoms with van der Waals surface area (Å²) in [5.74, 6) is -1.31. The number of carboxylic acids is 1. The Morgan fingerprint density at radius 3 is 2.10 bits per heavy atom. The van der Waals surface area contributed by atoms with Gasteiger partial charge in [0, 0.05) is 0 Å². The second-order valence-corrected chi connectivity index (χ2v) is 2.88. The van der Waals surface area contributed by atoms with Gasteiger partial charge >= 0.3 is 0 Å². The van der Waals surface area contributed by atoms with Gasteiger partial charge in [-0.25, -0.2) is 0 Å². The van der Waals surface area contributed by atoms with Crippen molar-refractivity contribution in [1.82, 2.24) is 0 Å². The van der Waals surface area contributed by atoms with E-state index in [1.807, 2.05) is 0 Å². The zero-order chi connectivity index (χ0) is 7.61. The fourth-order valence-electron chi connectivity index (χ4n) is 1.34. The summed E-state index contributed by atoms with van der Waals surface area (Å²) in [6, 6.07) is 0. The molecular weight excluding hydrogens is 132 g/mol. The highest BCUT2D eigenvalue weighted by atomic mass is 16.4. The van der Waals surface area contributed by atoms with Gasteiger partial charge in [0.1, 0.15) is 5.60 Å². The van der Waals surface area contributed by atoms with Crippen molar-refractivity contribution in [2.75, 3.05) is 0 Å². The third kappa shape index (κ3) is 1.29. The topological polar surface area (TPSA) is 60.4 Å². The molecule has 0 radical (unpaired) electrons. The van der Waals surface area contributed by atoms with Crippen LogP contribution in [0, 0.1) is 0 Å². The van der Waals surface area contributed by atoms with E-state index >= 15 is 0 Å². The zero-order valence-corrected chi connectivity index (χ0v) is 5.80. The Kier molecular flexibility index (Phi) is 1.94. The maximum atomic E-state index is 10.3. The summed E-state index contributed by atoms with van der Waals surface area (Å²) in [4.78, 5) is 10.3. The number of rotatable bonds is 1. The number of aliphatic carboxylic acids is 1. The van der Waals surface area contributed by atoms with Gasteiger partial charge in [-0.3, -0.25) is 0 Å². The van der Waals surface area contributed by atoms with Gasteiger partial charge in [0.2, 0.25) is 0 Å².